The van der Waals surface area contributed by atoms with Crippen LogP contribution in [0.3, 0.4) is 0 Å². The number of nitrogens with one attached hydrogen (secondary N) is 1. The van der Waals surface area contributed by atoms with Crippen molar-refractivity contribution in [1.29, 1.82) is 0 Å². The summed E-state index contributed by atoms with van der Waals surface area (Å²) in [5.41, 5.74) is 0.0984. The molecule has 0 bridgehead atoms. The Morgan fingerprint density at radius 2 is 2.04 bits per heavy atom. The highest BCUT2D eigenvalue weighted by Gasteiger charge is 2.54. The number of halogens is 1. The minimum absolute atomic E-state index is 0.107. The van der Waals surface area contributed by atoms with Crippen LogP contribution < -0.4 is 14.8 Å². The molecule has 2 heterocycles. The van der Waals surface area contributed by atoms with Crippen LogP contribution in [0.2, 0.25) is 0 Å². The van der Waals surface area contributed by atoms with Crippen molar-refractivity contribution in [3.63, 3.8) is 0 Å². The summed E-state index contributed by atoms with van der Waals surface area (Å²) in [5.74, 6) is 1.36. The molecule has 3 amide bonds. The van der Waals surface area contributed by atoms with Crippen LogP contribution in [0.25, 0.3) is 0 Å². The molecule has 0 radical (unpaired) electrons. The Morgan fingerprint density at radius 3 is 2.79 bits per heavy atom. The van der Waals surface area contributed by atoms with Crippen molar-refractivity contribution in [2.45, 2.75) is 44.7 Å². The third-order valence-corrected chi connectivity index (χ3v) is 6.11. The number of amides is 3. The van der Waals surface area contributed by atoms with Crippen molar-refractivity contribution in [2.24, 2.45) is 5.92 Å². The summed E-state index contributed by atoms with van der Waals surface area (Å²) in [4.78, 5) is 26.8. The van der Waals surface area contributed by atoms with Crippen LogP contribution in [-0.4, -0.2) is 29.2 Å². The summed E-state index contributed by atoms with van der Waals surface area (Å²) in [6.07, 6.45) is 3.77. The Morgan fingerprint density at radius 1 is 1.29 bits per heavy atom. The molecule has 1 saturated heterocycles. The molecule has 1 saturated carbocycles. The summed E-state index contributed by atoms with van der Waals surface area (Å²) >= 11 is 3.49. The lowest BCUT2D eigenvalue weighted by atomic mass is 9.73. The first kappa shape index (κ1) is 15.7. The van der Waals surface area contributed by atoms with E-state index in [2.05, 4.69) is 28.2 Å². The number of rotatable bonds is 2. The smallest absolute Gasteiger partial charge is 0.325 e. The molecule has 24 heavy (non-hydrogen) atoms. The van der Waals surface area contributed by atoms with Gasteiger partial charge < -0.3 is 14.8 Å². The van der Waals surface area contributed by atoms with E-state index >= 15 is 0 Å². The SMILES string of the molecule is C[C@@H]1CCCC[C@@]12NC(=O)N(Cc1cc3c(cc1Br)OCO3)C2=O. The Kier molecular flexibility index (Phi) is 3.71. The number of imide groups is 1. The first-order valence-electron chi connectivity index (χ1n) is 8.23. The molecule has 0 aromatic heterocycles. The van der Waals surface area contributed by atoms with Gasteiger partial charge in [0, 0.05) is 4.47 Å². The predicted molar refractivity (Wildman–Crippen MR) is 89.7 cm³/mol. The molecule has 0 unspecified atom stereocenters. The van der Waals surface area contributed by atoms with Crippen molar-refractivity contribution in [1.82, 2.24) is 10.2 Å². The van der Waals surface area contributed by atoms with Gasteiger partial charge in [0.1, 0.15) is 5.54 Å². The summed E-state index contributed by atoms with van der Waals surface area (Å²) in [7, 11) is 0. The molecule has 1 aliphatic carbocycles. The van der Waals surface area contributed by atoms with Gasteiger partial charge in [-0.15, -0.1) is 0 Å². The van der Waals surface area contributed by atoms with E-state index in [4.69, 9.17) is 9.47 Å². The fourth-order valence-corrected chi connectivity index (χ4v) is 4.34. The third kappa shape index (κ3) is 2.29. The highest BCUT2D eigenvalue weighted by molar-refractivity contribution is 9.10. The lowest BCUT2D eigenvalue weighted by molar-refractivity contribution is -0.134. The highest BCUT2D eigenvalue weighted by atomic mass is 79.9. The largest absolute Gasteiger partial charge is 0.454 e. The van der Waals surface area contributed by atoms with Gasteiger partial charge in [0.2, 0.25) is 6.79 Å². The number of hydrogen-bond donors (Lipinski definition) is 1. The van der Waals surface area contributed by atoms with Crippen LogP contribution in [0, 0.1) is 5.92 Å². The van der Waals surface area contributed by atoms with Crippen molar-refractivity contribution in [3.05, 3.63) is 22.2 Å². The topological polar surface area (TPSA) is 67.9 Å². The second kappa shape index (κ2) is 5.65. The van der Waals surface area contributed by atoms with E-state index in [0.29, 0.717) is 11.5 Å². The fourth-order valence-electron chi connectivity index (χ4n) is 3.89. The quantitative estimate of drug-likeness (QED) is 0.782. The van der Waals surface area contributed by atoms with Gasteiger partial charge in [-0.3, -0.25) is 9.69 Å². The van der Waals surface area contributed by atoms with E-state index in [1.165, 1.54) is 4.90 Å². The second-order valence-corrected chi connectivity index (χ2v) is 7.59. The molecule has 128 valence electrons. The van der Waals surface area contributed by atoms with Crippen molar-refractivity contribution < 1.29 is 19.1 Å². The molecule has 2 atom stereocenters. The summed E-state index contributed by atoms with van der Waals surface area (Å²) in [5, 5.41) is 2.98. The maximum atomic E-state index is 13.0. The number of carbonyl (C=O) groups is 2. The monoisotopic (exact) mass is 394 g/mol. The van der Waals surface area contributed by atoms with E-state index in [9.17, 15) is 9.59 Å². The number of benzene rings is 1. The molecular formula is C17H19BrN2O4. The molecule has 2 fully saturated rings. The van der Waals surface area contributed by atoms with Crippen LogP contribution in [0.5, 0.6) is 11.5 Å². The van der Waals surface area contributed by atoms with Gasteiger partial charge in [-0.1, -0.05) is 35.7 Å². The summed E-state index contributed by atoms with van der Waals surface area (Å²) < 4.78 is 11.5. The highest BCUT2D eigenvalue weighted by Crippen LogP contribution is 2.40. The molecule has 7 heteroatoms. The molecular weight excluding hydrogens is 376 g/mol. The van der Waals surface area contributed by atoms with Crippen LogP contribution in [0.1, 0.15) is 38.2 Å². The molecule has 6 nitrogen and oxygen atoms in total. The van der Waals surface area contributed by atoms with Crippen molar-refractivity contribution in [3.8, 4) is 11.5 Å². The van der Waals surface area contributed by atoms with Gasteiger partial charge in [0.25, 0.3) is 5.91 Å². The standard InChI is InChI=1S/C17H19BrN2O4/c1-10-4-2-3-5-17(10)15(21)20(16(22)19-17)8-11-6-13-14(7-12(11)18)24-9-23-13/h6-7,10H,2-5,8-9H2,1H3,(H,19,22)/t10-,17-/m1/s1. The van der Waals surface area contributed by atoms with E-state index in [1.54, 1.807) is 0 Å². The van der Waals surface area contributed by atoms with Gasteiger partial charge in [-0.25, -0.2) is 4.79 Å². The van der Waals surface area contributed by atoms with Crippen LogP contribution in [0.4, 0.5) is 4.79 Å². The first-order valence-corrected chi connectivity index (χ1v) is 9.03. The number of fused-ring (bicyclic) bond motifs is 1. The van der Waals surface area contributed by atoms with E-state index < -0.39 is 5.54 Å². The predicted octanol–water partition coefficient (Wildman–Crippen LogP) is 3.18. The summed E-state index contributed by atoms with van der Waals surface area (Å²) in [6, 6.07) is 3.33. The minimum Gasteiger partial charge on any atom is -0.454 e. The number of carbonyl (C=O) groups excluding carboxylic acids is 2. The normalized spacial score (nSPS) is 28.6. The third-order valence-electron chi connectivity index (χ3n) is 5.37. The van der Waals surface area contributed by atoms with Crippen LogP contribution in [-0.2, 0) is 11.3 Å². The van der Waals surface area contributed by atoms with Crippen molar-refractivity contribution in [2.75, 3.05) is 6.79 Å². The van der Waals surface area contributed by atoms with Crippen molar-refractivity contribution >= 4 is 27.9 Å². The average molecular weight is 395 g/mol. The van der Waals surface area contributed by atoms with Crippen LogP contribution in [0.15, 0.2) is 16.6 Å². The van der Waals surface area contributed by atoms with Gasteiger partial charge in [0.05, 0.1) is 6.54 Å². The molecule has 1 N–H and O–H groups in total. The van der Waals surface area contributed by atoms with Gasteiger partial charge in [-0.2, -0.15) is 0 Å². The zero-order chi connectivity index (χ0) is 16.9. The molecule has 4 rings (SSSR count). The number of hydrogen-bond acceptors (Lipinski definition) is 4. The Hall–Kier alpha value is -1.76. The fraction of sp³-hybridized carbons (Fsp3) is 0.529. The average Bonchev–Trinajstić information content (AvgIpc) is 3.09. The maximum Gasteiger partial charge on any atom is 0.325 e. The molecule has 3 aliphatic rings. The maximum absolute atomic E-state index is 13.0. The number of nitrogens with zero attached hydrogens (tertiary/aromatic N) is 1. The number of ether oxygens (including phenoxy) is 2. The zero-order valence-electron chi connectivity index (χ0n) is 13.4. The molecule has 2 aliphatic heterocycles. The Bertz CT molecular complexity index is 723. The lowest BCUT2D eigenvalue weighted by Crippen LogP contribution is -2.53. The minimum atomic E-state index is -0.724. The summed E-state index contributed by atoms with van der Waals surface area (Å²) in [6.45, 7) is 2.46. The second-order valence-electron chi connectivity index (χ2n) is 6.74. The van der Waals surface area contributed by atoms with Gasteiger partial charge >= 0.3 is 6.03 Å². The van der Waals surface area contributed by atoms with Crippen LogP contribution >= 0.6 is 15.9 Å². The van der Waals surface area contributed by atoms with E-state index in [0.717, 1.165) is 35.7 Å². The Labute approximate surface area is 148 Å². The van der Waals surface area contributed by atoms with E-state index in [1.807, 2.05) is 12.1 Å². The first-order chi connectivity index (χ1) is 11.5. The van der Waals surface area contributed by atoms with Gasteiger partial charge in [0.15, 0.2) is 11.5 Å². The zero-order valence-corrected chi connectivity index (χ0v) is 15.0. The molecule has 1 aromatic rings. The van der Waals surface area contributed by atoms with E-state index in [-0.39, 0.29) is 31.2 Å². The Balaban J connectivity index is 1.61. The molecule has 1 spiro atoms. The number of urea groups is 1. The molecule has 1 aromatic carbocycles. The van der Waals surface area contributed by atoms with Gasteiger partial charge in [-0.05, 0) is 36.5 Å². The lowest BCUT2D eigenvalue weighted by Gasteiger charge is -2.36.